The van der Waals surface area contributed by atoms with Crippen molar-refractivity contribution in [2.45, 2.75) is 13.5 Å². The molecule has 0 aliphatic rings. The summed E-state index contributed by atoms with van der Waals surface area (Å²) >= 11 is 6.16. The van der Waals surface area contributed by atoms with Crippen LogP contribution < -0.4 is 10.6 Å². The number of hydrogen-bond acceptors (Lipinski definition) is 3. The Balaban J connectivity index is 1.68. The number of hydrogen-bond donors (Lipinski definition) is 2. The first kappa shape index (κ1) is 17.0. The minimum Gasteiger partial charge on any atom is -0.380 e. The lowest BCUT2D eigenvalue weighted by Crippen LogP contribution is -2.13. The van der Waals surface area contributed by atoms with E-state index in [0.717, 1.165) is 22.5 Å². The van der Waals surface area contributed by atoms with E-state index < -0.39 is 0 Å². The van der Waals surface area contributed by atoms with E-state index in [4.69, 9.17) is 11.6 Å². The van der Waals surface area contributed by atoms with Crippen molar-refractivity contribution in [2.24, 2.45) is 0 Å². The van der Waals surface area contributed by atoms with E-state index in [2.05, 4.69) is 15.6 Å². The van der Waals surface area contributed by atoms with Crippen LogP contribution in [0.2, 0.25) is 5.02 Å². The van der Waals surface area contributed by atoms with Crippen LogP contribution in [-0.4, -0.2) is 10.9 Å². The van der Waals surface area contributed by atoms with Crippen LogP contribution in [0.1, 0.15) is 21.5 Å². The Kier molecular flexibility index (Phi) is 5.31. The van der Waals surface area contributed by atoms with Gasteiger partial charge in [-0.15, -0.1) is 0 Å². The van der Waals surface area contributed by atoms with E-state index in [0.29, 0.717) is 17.1 Å². The molecule has 4 nitrogen and oxygen atoms in total. The van der Waals surface area contributed by atoms with Gasteiger partial charge in [0.05, 0.1) is 11.3 Å². The summed E-state index contributed by atoms with van der Waals surface area (Å²) in [6, 6.07) is 17.1. The molecule has 0 bridgehead atoms. The Morgan fingerprint density at radius 2 is 1.88 bits per heavy atom. The van der Waals surface area contributed by atoms with Crippen LogP contribution >= 0.6 is 11.6 Å². The SMILES string of the molecule is Cc1cccc(NC(=O)c2cncc(NCc3ccccc3Cl)c2)c1. The van der Waals surface area contributed by atoms with Crippen molar-refractivity contribution in [3.63, 3.8) is 0 Å². The predicted molar refractivity (Wildman–Crippen MR) is 102 cm³/mol. The maximum absolute atomic E-state index is 12.4. The lowest BCUT2D eigenvalue weighted by atomic mass is 10.2. The summed E-state index contributed by atoms with van der Waals surface area (Å²) in [5, 5.41) is 6.83. The molecule has 0 aliphatic heterocycles. The number of nitrogens with zero attached hydrogens (tertiary/aromatic N) is 1. The second kappa shape index (κ2) is 7.81. The summed E-state index contributed by atoms with van der Waals surface area (Å²) in [5.41, 5.74) is 4.09. The van der Waals surface area contributed by atoms with Gasteiger partial charge in [-0.05, 0) is 42.3 Å². The van der Waals surface area contributed by atoms with Crippen molar-refractivity contribution >= 4 is 28.9 Å². The van der Waals surface area contributed by atoms with Gasteiger partial charge in [0.25, 0.3) is 5.91 Å². The van der Waals surface area contributed by atoms with Crippen molar-refractivity contribution in [2.75, 3.05) is 10.6 Å². The van der Waals surface area contributed by atoms with Gasteiger partial charge in [-0.2, -0.15) is 0 Å². The fourth-order valence-electron chi connectivity index (χ4n) is 2.43. The van der Waals surface area contributed by atoms with Crippen LogP contribution in [0.5, 0.6) is 0 Å². The zero-order chi connectivity index (χ0) is 17.6. The van der Waals surface area contributed by atoms with Gasteiger partial charge in [-0.25, -0.2) is 0 Å². The van der Waals surface area contributed by atoms with Crippen LogP contribution in [0.15, 0.2) is 67.0 Å². The molecule has 0 saturated carbocycles. The highest BCUT2D eigenvalue weighted by atomic mass is 35.5. The highest BCUT2D eigenvalue weighted by Crippen LogP contribution is 2.18. The number of pyridine rings is 1. The monoisotopic (exact) mass is 351 g/mol. The van der Waals surface area contributed by atoms with Gasteiger partial charge < -0.3 is 10.6 Å². The van der Waals surface area contributed by atoms with Gasteiger partial charge in [0.15, 0.2) is 0 Å². The van der Waals surface area contributed by atoms with Crippen molar-refractivity contribution in [1.82, 2.24) is 4.98 Å². The van der Waals surface area contributed by atoms with Gasteiger partial charge in [0, 0.05) is 29.6 Å². The van der Waals surface area contributed by atoms with Gasteiger partial charge in [0.1, 0.15) is 0 Å². The number of amides is 1. The molecule has 1 amide bonds. The average Bonchev–Trinajstić information content (AvgIpc) is 2.61. The van der Waals surface area contributed by atoms with Crippen LogP contribution in [0, 0.1) is 6.92 Å². The average molecular weight is 352 g/mol. The van der Waals surface area contributed by atoms with Crippen LogP contribution in [0.4, 0.5) is 11.4 Å². The van der Waals surface area contributed by atoms with E-state index in [1.807, 2.05) is 55.5 Å². The number of carbonyl (C=O) groups is 1. The van der Waals surface area contributed by atoms with Gasteiger partial charge in [-0.3, -0.25) is 9.78 Å². The minimum atomic E-state index is -0.195. The summed E-state index contributed by atoms with van der Waals surface area (Å²) < 4.78 is 0. The summed E-state index contributed by atoms with van der Waals surface area (Å²) in [5.74, 6) is -0.195. The van der Waals surface area contributed by atoms with Gasteiger partial charge >= 0.3 is 0 Å². The van der Waals surface area contributed by atoms with E-state index in [9.17, 15) is 4.79 Å². The topological polar surface area (TPSA) is 54.0 Å². The highest BCUT2D eigenvalue weighted by molar-refractivity contribution is 6.31. The molecule has 0 unspecified atom stereocenters. The first-order chi connectivity index (χ1) is 12.1. The molecule has 3 rings (SSSR count). The van der Waals surface area contributed by atoms with E-state index in [1.165, 1.54) is 0 Å². The number of rotatable bonds is 5. The number of halogens is 1. The van der Waals surface area contributed by atoms with Crippen LogP contribution in [0.3, 0.4) is 0 Å². The molecule has 5 heteroatoms. The molecule has 0 atom stereocenters. The van der Waals surface area contributed by atoms with E-state index in [1.54, 1.807) is 18.5 Å². The normalized spacial score (nSPS) is 10.3. The Hall–Kier alpha value is -2.85. The second-order valence-electron chi connectivity index (χ2n) is 5.73. The third-order valence-electron chi connectivity index (χ3n) is 3.72. The minimum absolute atomic E-state index is 0.195. The number of carbonyl (C=O) groups excluding carboxylic acids is 1. The maximum Gasteiger partial charge on any atom is 0.257 e. The van der Waals surface area contributed by atoms with Crippen LogP contribution in [0.25, 0.3) is 0 Å². The Morgan fingerprint density at radius 3 is 2.68 bits per heavy atom. The largest absolute Gasteiger partial charge is 0.380 e. The summed E-state index contributed by atoms with van der Waals surface area (Å²) in [4.78, 5) is 16.5. The lowest BCUT2D eigenvalue weighted by Gasteiger charge is -2.10. The number of nitrogens with one attached hydrogen (secondary N) is 2. The molecule has 0 spiro atoms. The summed E-state index contributed by atoms with van der Waals surface area (Å²) in [6.45, 7) is 2.54. The van der Waals surface area contributed by atoms with Crippen molar-refractivity contribution < 1.29 is 4.79 Å². The van der Waals surface area contributed by atoms with Gasteiger partial charge in [0.2, 0.25) is 0 Å². The molecule has 25 heavy (non-hydrogen) atoms. The third-order valence-corrected chi connectivity index (χ3v) is 4.09. The molecule has 2 aromatic carbocycles. The van der Waals surface area contributed by atoms with Crippen molar-refractivity contribution in [3.05, 3.63) is 88.7 Å². The third kappa shape index (κ3) is 4.58. The molecule has 1 aromatic heterocycles. The number of benzene rings is 2. The zero-order valence-electron chi connectivity index (χ0n) is 13.8. The molecular formula is C20H18ClN3O. The molecule has 0 radical (unpaired) electrons. The Morgan fingerprint density at radius 1 is 1.04 bits per heavy atom. The molecule has 3 aromatic rings. The lowest BCUT2D eigenvalue weighted by molar-refractivity contribution is 0.102. The second-order valence-corrected chi connectivity index (χ2v) is 6.14. The zero-order valence-corrected chi connectivity index (χ0v) is 14.5. The smallest absolute Gasteiger partial charge is 0.257 e. The molecular weight excluding hydrogens is 334 g/mol. The molecule has 0 fully saturated rings. The fourth-order valence-corrected chi connectivity index (χ4v) is 2.63. The van der Waals surface area contributed by atoms with Crippen molar-refractivity contribution in [3.8, 4) is 0 Å². The number of aryl methyl sites for hydroxylation is 1. The molecule has 0 aliphatic carbocycles. The van der Waals surface area contributed by atoms with Crippen LogP contribution in [-0.2, 0) is 6.54 Å². The molecule has 1 heterocycles. The van der Waals surface area contributed by atoms with Crippen molar-refractivity contribution in [1.29, 1.82) is 0 Å². The Labute approximate surface area is 151 Å². The molecule has 126 valence electrons. The highest BCUT2D eigenvalue weighted by Gasteiger charge is 2.08. The number of aromatic nitrogens is 1. The van der Waals surface area contributed by atoms with E-state index in [-0.39, 0.29) is 5.91 Å². The standard InChI is InChI=1S/C20H18ClN3O/c1-14-5-4-7-17(9-14)24-20(25)16-10-18(13-22-11-16)23-12-15-6-2-3-8-19(15)21/h2-11,13,23H,12H2,1H3,(H,24,25). The quantitative estimate of drug-likeness (QED) is 0.686. The number of anilines is 2. The first-order valence-electron chi connectivity index (χ1n) is 7.92. The van der Waals surface area contributed by atoms with E-state index >= 15 is 0 Å². The molecule has 0 saturated heterocycles. The predicted octanol–water partition coefficient (Wildman–Crippen LogP) is 4.91. The molecule has 2 N–H and O–H groups in total. The van der Waals surface area contributed by atoms with Gasteiger partial charge in [-0.1, -0.05) is 41.9 Å². The first-order valence-corrected chi connectivity index (χ1v) is 8.30. The summed E-state index contributed by atoms with van der Waals surface area (Å²) in [6.07, 6.45) is 3.23. The Bertz CT molecular complexity index is 895. The summed E-state index contributed by atoms with van der Waals surface area (Å²) in [7, 11) is 0. The maximum atomic E-state index is 12.4. The fraction of sp³-hybridized carbons (Fsp3) is 0.100.